The maximum Gasteiger partial charge on any atom is 0.170 e. The zero-order valence-electron chi connectivity index (χ0n) is 11.6. The SMILES string of the molecule is N#Cc1c(N2CCCCC2)nn(C2CCCC2O)c1N. The molecule has 1 saturated heterocycles. The first-order chi connectivity index (χ1) is 9.72. The van der Waals surface area contributed by atoms with E-state index >= 15 is 0 Å². The molecule has 0 aromatic carbocycles. The minimum Gasteiger partial charge on any atom is -0.391 e. The van der Waals surface area contributed by atoms with Crippen LogP contribution in [0, 0.1) is 11.3 Å². The molecule has 3 rings (SSSR count). The van der Waals surface area contributed by atoms with E-state index in [1.54, 1.807) is 4.68 Å². The third-order valence-corrected chi connectivity index (χ3v) is 4.45. The van der Waals surface area contributed by atoms with Crippen molar-refractivity contribution in [3.05, 3.63) is 5.56 Å². The molecule has 1 aliphatic heterocycles. The van der Waals surface area contributed by atoms with Gasteiger partial charge in [-0.25, -0.2) is 4.68 Å². The fourth-order valence-corrected chi connectivity index (χ4v) is 3.33. The van der Waals surface area contributed by atoms with Crippen molar-refractivity contribution in [2.45, 2.75) is 50.7 Å². The van der Waals surface area contributed by atoms with Crippen LogP contribution in [0.25, 0.3) is 0 Å². The van der Waals surface area contributed by atoms with Crippen LogP contribution in [0.4, 0.5) is 11.6 Å². The first kappa shape index (κ1) is 13.3. The number of aliphatic hydroxyl groups is 1. The van der Waals surface area contributed by atoms with Gasteiger partial charge in [0.05, 0.1) is 12.1 Å². The summed E-state index contributed by atoms with van der Waals surface area (Å²) < 4.78 is 1.68. The summed E-state index contributed by atoms with van der Waals surface area (Å²) in [5.74, 6) is 1.10. The van der Waals surface area contributed by atoms with E-state index in [0.29, 0.717) is 17.2 Å². The first-order valence-electron chi connectivity index (χ1n) is 7.43. The van der Waals surface area contributed by atoms with Crippen molar-refractivity contribution in [2.75, 3.05) is 23.7 Å². The molecule has 2 fully saturated rings. The predicted octanol–water partition coefficient (Wildman–Crippen LogP) is 1.41. The molecule has 1 aliphatic carbocycles. The summed E-state index contributed by atoms with van der Waals surface area (Å²) >= 11 is 0. The predicted molar refractivity (Wildman–Crippen MR) is 76.3 cm³/mol. The van der Waals surface area contributed by atoms with Crippen LogP contribution in [0.5, 0.6) is 0 Å². The average molecular weight is 275 g/mol. The van der Waals surface area contributed by atoms with Gasteiger partial charge in [0.2, 0.25) is 0 Å². The second-order valence-corrected chi connectivity index (χ2v) is 5.75. The molecular formula is C14H21N5O. The highest BCUT2D eigenvalue weighted by molar-refractivity contribution is 5.65. The molecule has 1 aromatic rings. The molecule has 2 heterocycles. The topological polar surface area (TPSA) is 91.1 Å². The minimum absolute atomic E-state index is 0.0827. The molecule has 2 unspecified atom stereocenters. The van der Waals surface area contributed by atoms with Crippen LogP contribution >= 0.6 is 0 Å². The van der Waals surface area contributed by atoms with Crippen LogP contribution in [0.15, 0.2) is 0 Å². The monoisotopic (exact) mass is 275 g/mol. The van der Waals surface area contributed by atoms with Gasteiger partial charge in [-0.05, 0) is 38.5 Å². The number of anilines is 2. The Labute approximate surface area is 118 Å². The number of piperidine rings is 1. The highest BCUT2D eigenvalue weighted by atomic mass is 16.3. The van der Waals surface area contributed by atoms with E-state index < -0.39 is 6.10 Å². The van der Waals surface area contributed by atoms with Crippen LogP contribution in [-0.4, -0.2) is 34.1 Å². The Hall–Kier alpha value is -1.74. The highest BCUT2D eigenvalue weighted by Crippen LogP contribution is 2.35. The molecule has 6 heteroatoms. The molecule has 0 bridgehead atoms. The lowest BCUT2D eigenvalue weighted by atomic mass is 10.1. The van der Waals surface area contributed by atoms with Gasteiger partial charge in [-0.1, -0.05) is 0 Å². The molecule has 0 radical (unpaired) electrons. The third-order valence-electron chi connectivity index (χ3n) is 4.45. The van der Waals surface area contributed by atoms with E-state index in [2.05, 4.69) is 16.1 Å². The van der Waals surface area contributed by atoms with E-state index in [9.17, 15) is 10.4 Å². The Kier molecular flexibility index (Phi) is 3.53. The average Bonchev–Trinajstić information content (AvgIpc) is 3.03. The van der Waals surface area contributed by atoms with Crippen molar-refractivity contribution in [2.24, 2.45) is 0 Å². The van der Waals surface area contributed by atoms with Crippen LogP contribution in [0.1, 0.15) is 50.1 Å². The summed E-state index contributed by atoms with van der Waals surface area (Å²) in [6.07, 6.45) is 5.72. The van der Waals surface area contributed by atoms with Gasteiger partial charge >= 0.3 is 0 Å². The van der Waals surface area contributed by atoms with Gasteiger partial charge in [0.1, 0.15) is 17.5 Å². The smallest absolute Gasteiger partial charge is 0.170 e. The van der Waals surface area contributed by atoms with Crippen molar-refractivity contribution >= 4 is 11.6 Å². The normalized spacial score (nSPS) is 26.7. The van der Waals surface area contributed by atoms with Gasteiger partial charge in [0.15, 0.2) is 5.82 Å². The van der Waals surface area contributed by atoms with Gasteiger partial charge in [-0.15, -0.1) is 0 Å². The third kappa shape index (κ3) is 2.12. The highest BCUT2D eigenvalue weighted by Gasteiger charge is 2.32. The van der Waals surface area contributed by atoms with Crippen molar-refractivity contribution < 1.29 is 5.11 Å². The second kappa shape index (κ2) is 5.33. The van der Waals surface area contributed by atoms with Crippen molar-refractivity contribution in [3.8, 4) is 6.07 Å². The fourth-order valence-electron chi connectivity index (χ4n) is 3.33. The van der Waals surface area contributed by atoms with E-state index in [1.165, 1.54) is 6.42 Å². The number of rotatable bonds is 2. The summed E-state index contributed by atoms with van der Waals surface area (Å²) in [5.41, 5.74) is 6.57. The zero-order valence-corrected chi connectivity index (χ0v) is 11.6. The molecule has 1 saturated carbocycles. The van der Waals surface area contributed by atoms with Crippen LogP contribution in [0.3, 0.4) is 0 Å². The minimum atomic E-state index is -0.405. The molecule has 0 amide bonds. The van der Waals surface area contributed by atoms with Crippen molar-refractivity contribution in [3.63, 3.8) is 0 Å². The lowest BCUT2D eigenvalue weighted by Gasteiger charge is -2.26. The Morgan fingerprint density at radius 3 is 2.55 bits per heavy atom. The number of nitriles is 1. The van der Waals surface area contributed by atoms with Gasteiger partial charge in [0, 0.05) is 13.1 Å². The number of hydrogen-bond acceptors (Lipinski definition) is 5. The van der Waals surface area contributed by atoms with E-state index in [-0.39, 0.29) is 6.04 Å². The number of aliphatic hydroxyl groups excluding tert-OH is 1. The Morgan fingerprint density at radius 2 is 1.95 bits per heavy atom. The molecule has 3 N–H and O–H groups in total. The summed E-state index contributed by atoms with van der Waals surface area (Å²) in [6.45, 7) is 1.86. The summed E-state index contributed by atoms with van der Waals surface area (Å²) in [7, 11) is 0. The summed E-state index contributed by atoms with van der Waals surface area (Å²) in [4.78, 5) is 2.15. The van der Waals surface area contributed by atoms with Crippen LogP contribution < -0.4 is 10.6 Å². The van der Waals surface area contributed by atoms with Gasteiger partial charge in [-0.2, -0.15) is 10.4 Å². The summed E-state index contributed by atoms with van der Waals surface area (Å²) in [6, 6.07) is 2.11. The molecule has 2 atom stereocenters. The van der Waals surface area contributed by atoms with E-state index in [0.717, 1.165) is 45.2 Å². The second-order valence-electron chi connectivity index (χ2n) is 5.75. The van der Waals surface area contributed by atoms with E-state index in [1.807, 2.05) is 0 Å². The molecule has 2 aliphatic rings. The van der Waals surface area contributed by atoms with Crippen molar-refractivity contribution in [1.29, 1.82) is 5.26 Å². The zero-order chi connectivity index (χ0) is 14.1. The van der Waals surface area contributed by atoms with Crippen LogP contribution in [-0.2, 0) is 0 Å². The summed E-state index contributed by atoms with van der Waals surface area (Å²) in [5, 5.41) is 24.0. The molecule has 1 aromatic heterocycles. The Bertz CT molecular complexity index is 526. The first-order valence-corrected chi connectivity index (χ1v) is 7.43. The van der Waals surface area contributed by atoms with Gasteiger partial charge in [0.25, 0.3) is 0 Å². The van der Waals surface area contributed by atoms with E-state index in [4.69, 9.17) is 5.73 Å². The molecular weight excluding hydrogens is 254 g/mol. The van der Waals surface area contributed by atoms with Gasteiger partial charge < -0.3 is 15.7 Å². The van der Waals surface area contributed by atoms with Crippen LogP contribution in [0.2, 0.25) is 0 Å². The Balaban J connectivity index is 1.96. The lowest BCUT2D eigenvalue weighted by molar-refractivity contribution is 0.131. The number of hydrogen-bond donors (Lipinski definition) is 2. The largest absolute Gasteiger partial charge is 0.391 e. The number of nitrogens with zero attached hydrogens (tertiary/aromatic N) is 4. The van der Waals surface area contributed by atoms with Gasteiger partial charge in [-0.3, -0.25) is 0 Å². The quantitative estimate of drug-likeness (QED) is 0.851. The number of nitrogen functional groups attached to an aromatic ring is 1. The lowest BCUT2D eigenvalue weighted by Crippen LogP contribution is -2.30. The Morgan fingerprint density at radius 1 is 1.20 bits per heavy atom. The molecule has 20 heavy (non-hydrogen) atoms. The molecule has 0 spiro atoms. The fraction of sp³-hybridized carbons (Fsp3) is 0.714. The maximum atomic E-state index is 10.0. The number of nitrogens with two attached hydrogens (primary N) is 1. The standard InChI is InChI=1S/C14H21N5O/c15-9-10-13(16)19(11-5-4-6-12(11)20)17-14(10)18-7-2-1-3-8-18/h11-12,20H,1-8,16H2. The molecule has 6 nitrogen and oxygen atoms in total. The number of aromatic nitrogens is 2. The van der Waals surface area contributed by atoms with Crippen molar-refractivity contribution in [1.82, 2.24) is 9.78 Å². The maximum absolute atomic E-state index is 10.0. The molecule has 108 valence electrons.